The van der Waals surface area contributed by atoms with Crippen molar-refractivity contribution in [2.24, 2.45) is 0 Å². The second-order valence-corrected chi connectivity index (χ2v) is 7.02. The summed E-state index contributed by atoms with van der Waals surface area (Å²) in [6.07, 6.45) is 1.94. The Kier molecular flexibility index (Phi) is 5.04. The van der Waals surface area contributed by atoms with Crippen LogP contribution in [0.15, 0.2) is 97.2 Å². The van der Waals surface area contributed by atoms with Gasteiger partial charge in [-0.05, 0) is 23.6 Å². The molecule has 0 amide bonds. The van der Waals surface area contributed by atoms with Crippen LogP contribution in [0.1, 0.15) is 29.3 Å². The van der Waals surface area contributed by atoms with E-state index in [1.807, 2.05) is 65.5 Å². The quantitative estimate of drug-likeness (QED) is 0.522. The van der Waals surface area contributed by atoms with E-state index >= 15 is 0 Å². The number of rotatable bonds is 6. The van der Waals surface area contributed by atoms with Crippen molar-refractivity contribution in [1.29, 1.82) is 0 Å². The van der Waals surface area contributed by atoms with Crippen LogP contribution in [-0.2, 0) is 12.0 Å². The lowest BCUT2D eigenvalue weighted by Gasteiger charge is -2.35. The van der Waals surface area contributed by atoms with Gasteiger partial charge in [-0.1, -0.05) is 96.2 Å². The van der Waals surface area contributed by atoms with Gasteiger partial charge in [-0.15, -0.1) is 5.10 Å². The van der Waals surface area contributed by atoms with Crippen molar-refractivity contribution < 1.29 is 5.11 Å². The highest BCUT2D eigenvalue weighted by Crippen LogP contribution is 2.40. The molecule has 0 bridgehead atoms. The molecule has 0 aliphatic heterocycles. The lowest BCUT2D eigenvalue weighted by atomic mass is 9.77. The maximum Gasteiger partial charge on any atom is 0.139 e. The van der Waals surface area contributed by atoms with Crippen LogP contribution in [0, 0.1) is 0 Å². The van der Waals surface area contributed by atoms with E-state index in [0.29, 0.717) is 6.42 Å². The topological polar surface area (TPSA) is 50.9 Å². The van der Waals surface area contributed by atoms with E-state index in [0.717, 1.165) is 22.4 Å². The molecule has 140 valence electrons. The first-order valence-electron chi connectivity index (χ1n) is 9.47. The van der Waals surface area contributed by atoms with Gasteiger partial charge in [0.2, 0.25) is 0 Å². The zero-order chi connectivity index (χ0) is 19.4. The summed E-state index contributed by atoms with van der Waals surface area (Å²) in [6, 6.07) is 31.1. The number of aliphatic hydroxyl groups is 1. The van der Waals surface area contributed by atoms with Gasteiger partial charge in [0.15, 0.2) is 0 Å². The summed E-state index contributed by atoms with van der Waals surface area (Å²) in [5.41, 5.74) is 3.40. The second kappa shape index (κ2) is 7.79. The first-order valence-corrected chi connectivity index (χ1v) is 9.47. The highest BCUT2D eigenvalue weighted by atomic mass is 16.3. The van der Waals surface area contributed by atoms with Crippen molar-refractivity contribution in [3.05, 3.63) is 120 Å². The first-order chi connectivity index (χ1) is 13.7. The van der Waals surface area contributed by atoms with E-state index in [1.165, 1.54) is 0 Å². The van der Waals surface area contributed by atoms with E-state index in [9.17, 15) is 5.11 Å². The van der Waals surface area contributed by atoms with Gasteiger partial charge in [-0.25, -0.2) is 4.68 Å². The average Bonchev–Trinajstić information content (AvgIpc) is 3.19. The Bertz CT molecular complexity index is 915. The van der Waals surface area contributed by atoms with Crippen molar-refractivity contribution >= 4 is 0 Å². The number of aromatic nitrogens is 3. The summed E-state index contributed by atoms with van der Waals surface area (Å²) >= 11 is 0. The summed E-state index contributed by atoms with van der Waals surface area (Å²) < 4.78 is 1.92. The van der Waals surface area contributed by atoms with Crippen LogP contribution >= 0.6 is 0 Å². The molecule has 0 fully saturated rings. The van der Waals surface area contributed by atoms with Crippen molar-refractivity contribution in [2.75, 3.05) is 0 Å². The fourth-order valence-electron chi connectivity index (χ4n) is 3.79. The molecule has 4 rings (SSSR count). The predicted octanol–water partition coefficient (Wildman–Crippen LogP) is 4.04. The van der Waals surface area contributed by atoms with E-state index < -0.39 is 11.6 Å². The van der Waals surface area contributed by atoms with Gasteiger partial charge in [0.25, 0.3) is 0 Å². The Morgan fingerprint density at radius 3 is 1.61 bits per heavy atom. The van der Waals surface area contributed by atoms with E-state index in [-0.39, 0.29) is 0 Å². The maximum atomic E-state index is 9.79. The highest BCUT2D eigenvalue weighted by Gasteiger charge is 2.39. The van der Waals surface area contributed by atoms with Crippen LogP contribution in [0.2, 0.25) is 0 Å². The molecule has 0 aliphatic carbocycles. The minimum atomic E-state index is -0.659. The van der Waals surface area contributed by atoms with Crippen LogP contribution in [0.5, 0.6) is 0 Å². The average molecular weight is 369 g/mol. The van der Waals surface area contributed by atoms with E-state index in [2.05, 4.69) is 46.7 Å². The van der Waals surface area contributed by atoms with Gasteiger partial charge in [0.1, 0.15) is 5.54 Å². The van der Waals surface area contributed by atoms with Gasteiger partial charge in [0, 0.05) is 6.42 Å². The molecule has 0 saturated carbocycles. The van der Waals surface area contributed by atoms with Crippen LogP contribution in [0.4, 0.5) is 0 Å². The molecule has 28 heavy (non-hydrogen) atoms. The van der Waals surface area contributed by atoms with Crippen LogP contribution in [0.25, 0.3) is 0 Å². The molecule has 4 aromatic rings. The fourth-order valence-corrected chi connectivity index (χ4v) is 3.79. The monoisotopic (exact) mass is 369 g/mol. The van der Waals surface area contributed by atoms with Gasteiger partial charge in [-0.3, -0.25) is 0 Å². The normalized spacial score (nSPS) is 12.6. The lowest BCUT2D eigenvalue weighted by molar-refractivity contribution is 0.194. The Balaban J connectivity index is 2.03. The zero-order valence-corrected chi connectivity index (χ0v) is 15.8. The Labute approximate surface area is 165 Å². The molecule has 1 aromatic heterocycles. The number of nitrogens with zero attached hydrogens (tertiary/aromatic N) is 3. The zero-order valence-electron chi connectivity index (χ0n) is 15.8. The standard InChI is InChI=1S/C24H23N3O/c1-19(28)17-23-18-27(26-25-23)24(20-11-5-2-6-12-20,21-13-7-3-8-14-21)22-15-9-4-10-16-22/h2-16,18-19,28H,17H2,1H3. The maximum absolute atomic E-state index is 9.79. The van der Waals surface area contributed by atoms with E-state index in [1.54, 1.807) is 6.92 Å². The third kappa shape index (κ3) is 3.23. The molecule has 0 spiro atoms. The van der Waals surface area contributed by atoms with Crippen molar-refractivity contribution in [1.82, 2.24) is 15.0 Å². The van der Waals surface area contributed by atoms with Gasteiger partial charge in [0.05, 0.1) is 18.0 Å². The molecule has 0 radical (unpaired) electrons. The molecule has 1 N–H and O–H groups in total. The second-order valence-electron chi connectivity index (χ2n) is 7.02. The summed E-state index contributed by atoms with van der Waals surface area (Å²) in [5, 5.41) is 18.7. The van der Waals surface area contributed by atoms with Crippen LogP contribution in [-0.4, -0.2) is 26.2 Å². The van der Waals surface area contributed by atoms with Crippen molar-refractivity contribution in [3.8, 4) is 0 Å². The third-order valence-electron chi connectivity index (χ3n) is 4.96. The van der Waals surface area contributed by atoms with Crippen molar-refractivity contribution in [2.45, 2.75) is 25.0 Å². The lowest BCUT2D eigenvalue weighted by Crippen LogP contribution is -2.38. The molecule has 1 heterocycles. The number of hydrogen-bond acceptors (Lipinski definition) is 3. The van der Waals surface area contributed by atoms with Crippen molar-refractivity contribution in [3.63, 3.8) is 0 Å². The largest absolute Gasteiger partial charge is 0.393 e. The molecule has 0 saturated heterocycles. The molecular formula is C24H23N3O. The molecule has 0 aliphatic rings. The number of aliphatic hydroxyl groups excluding tert-OH is 1. The van der Waals surface area contributed by atoms with Crippen LogP contribution < -0.4 is 0 Å². The van der Waals surface area contributed by atoms with Gasteiger partial charge < -0.3 is 5.11 Å². The smallest absolute Gasteiger partial charge is 0.139 e. The van der Waals surface area contributed by atoms with Crippen LogP contribution in [0.3, 0.4) is 0 Å². The van der Waals surface area contributed by atoms with Gasteiger partial charge >= 0.3 is 0 Å². The Morgan fingerprint density at radius 2 is 1.21 bits per heavy atom. The minimum Gasteiger partial charge on any atom is -0.393 e. The van der Waals surface area contributed by atoms with E-state index in [4.69, 9.17) is 0 Å². The third-order valence-corrected chi connectivity index (χ3v) is 4.96. The summed E-state index contributed by atoms with van der Waals surface area (Å²) in [5.74, 6) is 0. The molecule has 3 aromatic carbocycles. The highest BCUT2D eigenvalue weighted by molar-refractivity contribution is 5.50. The fraction of sp³-hybridized carbons (Fsp3) is 0.167. The summed E-state index contributed by atoms with van der Waals surface area (Å²) in [7, 11) is 0. The molecule has 1 atom stereocenters. The molecule has 4 heteroatoms. The first kappa shape index (κ1) is 18.1. The Hall–Kier alpha value is -3.24. The molecule has 4 nitrogen and oxygen atoms in total. The SMILES string of the molecule is CC(O)Cc1cn(C(c2ccccc2)(c2ccccc2)c2ccccc2)nn1. The number of hydrogen-bond donors (Lipinski definition) is 1. The Morgan fingerprint density at radius 1 is 0.786 bits per heavy atom. The molecular weight excluding hydrogens is 346 g/mol. The summed E-state index contributed by atoms with van der Waals surface area (Å²) in [4.78, 5) is 0. The predicted molar refractivity (Wildman–Crippen MR) is 110 cm³/mol. The minimum absolute atomic E-state index is 0.467. The summed E-state index contributed by atoms with van der Waals surface area (Å²) in [6.45, 7) is 1.76. The number of benzene rings is 3. The van der Waals surface area contributed by atoms with Gasteiger partial charge in [-0.2, -0.15) is 0 Å². The molecule has 1 unspecified atom stereocenters.